The van der Waals surface area contributed by atoms with Gasteiger partial charge in [-0.05, 0) is 54.7 Å². The maximum atomic E-state index is 11.4. The monoisotopic (exact) mass is 342 g/mol. The van der Waals surface area contributed by atoms with Crippen molar-refractivity contribution in [1.82, 2.24) is 0 Å². The molecule has 0 fully saturated rings. The molecular formula is C21H26O2S. The van der Waals surface area contributed by atoms with Gasteiger partial charge in [0, 0.05) is 9.75 Å². The van der Waals surface area contributed by atoms with Gasteiger partial charge in [-0.3, -0.25) is 4.79 Å². The van der Waals surface area contributed by atoms with E-state index in [1.165, 1.54) is 15.3 Å². The first-order chi connectivity index (χ1) is 11.8. The zero-order valence-corrected chi connectivity index (χ0v) is 15.6. The van der Waals surface area contributed by atoms with Crippen LogP contribution in [0.4, 0.5) is 0 Å². The second-order valence-electron chi connectivity index (χ2n) is 5.50. The maximum Gasteiger partial charge on any atom is 0.153 e. The predicted octanol–water partition coefficient (Wildman–Crippen LogP) is 6.39. The van der Waals surface area contributed by atoms with Gasteiger partial charge in [-0.2, -0.15) is 0 Å². The molecule has 0 spiro atoms. The molecular weight excluding hydrogens is 316 g/mol. The molecule has 3 rings (SSSR count). The Bertz CT molecular complexity index is 698. The molecule has 24 heavy (non-hydrogen) atoms. The number of hydrogen-bond donors (Lipinski definition) is 0. The molecule has 0 atom stereocenters. The molecule has 1 aromatic carbocycles. The molecule has 1 aliphatic carbocycles. The minimum Gasteiger partial charge on any atom is -0.493 e. The van der Waals surface area contributed by atoms with Gasteiger partial charge in [0.05, 0.1) is 12.2 Å². The van der Waals surface area contributed by atoms with Crippen LogP contribution >= 0.6 is 11.3 Å². The van der Waals surface area contributed by atoms with E-state index in [2.05, 4.69) is 31.2 Å². The summed E-state index contributed by atoms with van der Waals surface area (Å²) in [5, 5.41) is 0. The number of carbonyl (C=O) groups excluding carboxylic acids is 1. The van der Waals surface area contributed by atoms with Crippen molar-refractivity contribution in [2.24, 2.45) is 0 Å². The van der Waals surface area contributed by atoms with Crippen molar-refractivity contribution in [1.29, 1.82) is 0 Å². The Balaban J connectivity index is 0.00000100. The lowest BCUT2D eigenvalue weighted by molar-refractivity contribution is 0.111. The van der Waals surface area contributed by atoms with Gasteiger partial charge in [-0.15, -0.1) is 11.3 Å². The molecule has 2 nitrogen and oxygen atoms in total. The topological polar surface area (TPSA) is 26.3 Å². The Morgan fingerprint density at radius 3 is 2.79 bits per heavy atom. The highest BCUT2D eigenvalue weighted by atomic mass is 32.1. The van der Waals surface area contributed by atoms with Gasteiger partial charge < -0.3 is 4.74 Å². The normalized spacial score (nSPS) is 12.1. The van der Waals surface area contributed by atoms with Crippen LogP contribution in [0, 0.1) is 0 Å². The van der Waals surface area contributed by atoms with Gasteiger partial charge in [-0.1, -0.05) is 39.3 Å². The Morgan fingerprint density at radius 2 is 2.08 bits per heavy atom. The number of fused-ring (bicyclic) bond motifs is 1. The van der Waals surface area contributed by atoms with Gasteiger partial charge in [0.2, 0.25) is 0 Å². The third-order valence-corrected chi connectivity index (χ3v) is 5.11. The number of ether oxygens (including phenoxy) is 1. The minimum absolute atomic E-state index is 0.635. The number of unbranched alkanes of at least 4 members (excludes halogenated alkanes) is 1. The van der Waals surface area contributed by atoms with Gasteiger partial charge in [-0.25, -0.2) is 0 Å². The van der Waals surface area contributed by atoms with Crippen LogP contribution in [-0.2, 0) is 6.42 Å². The average Bonchev–Trinajstić information content (AvgIpc) is 3.08. The summed E-state index contributed by atoms with van der Waals surface area (Å²) in [7, 11) is 0. The van der Waals surface area contributed by atoms with E-state index < -0.39 is 0 Å². The zero-order valence-electron chi connectivity index (χ0n) is 14.8. The van der Waals surface area contributed by atoms with E-state index in [0.29, 0.717) is 17.9 Å². The molecule has 1 aliphatic rings. The van der Waals surface area contributed by atoms with E-state index in [4.69, 9.17) is 4.74 Å². The van der Waals surface area contributed by atoms with Crippen LogP contribution in [0.3, 0.4) is 0 Å². The molecule has 0 bridgehead atoms. The lowest BCUT2D eigenvalue weighted by Crippen LogP contribution is -1.99. The first-order valence-corrected chi connectivity index (χ1v) is 9.65. The number of benzene rings is 1. The van der Waals surface area contributed by atoms with E-state index in [0.717, 1.165) is 37.5 Å². The summed E-state index contributed by atoms with van der Waals surface area (Å²) in [6.07, 6.45) is 9.64. The summed E-state index contributed by atoms with van der Waals surface area (Å²) in [5.41, 5.74) is 3.05. The third kappa shape index (κ3) is 4.35. The summed E-state index contributed by atoms with van der Waals surface area (Å²) in [6.45, 7) is 6.79. The molecule has 0 unspecified atom stereocenters. The zero-order chi connectivity index (χ0) is 17.4. The second kappa shape index (κ2) is 9.43. The minimum atomic E-state index is 0.635. The number of aldehydes is 1. The molecule has 0 saturated carbocycles. The second-order valence-corrected chi connectivity index (χ2v) is 6.64. The van der Waals surface area contributed by atoms with E-state index in [1.54, 1.807) is 0 Å². The predicted molar refractivity (Wildman–Crippen MR) is 104 cm³/mol. The van der Waals surface area contributed by atoms with Gasteiger partial charge in [0.25, 0.3) is 0 Å². The quantitative estimate of drug-likeness (QED) is 0.449. The molecule has 1 aromatic heterocycles. The summed E-state index contributed by atoms with van der Waals surface area (Å²) in [4.78, 5) is 14.0. The molecule has 0 N–H and O–H groups in total. The molecule has 0 radical (unpaired) electrons. The standard InChI is InChI=1S/C19H20O2S.C2H6/c1-2-3-10-21-17-9-8-15(11-16(17)13-20)19-12-14-6-4-5-7-18(14)22-19;1-2/h4,6,8-9,11-13H,2-3,5,7,10H2,1H3;1-2H3. The Hall–Kier alpha value is -1.87. The van der Waals surface area contributed by atoms with E-state index in [9.17, 15) is 4.79 Å². The number of rotatable bonds is 6. The van der Waals surface area contributed by atoms with Crippen LogP contribution in [0.25, 0.3) is 16.5 Å². The first-order valence-electron chi connectivity index (χ1n) is 8.83. The van der Waals surface area contributed by atoms with E-state index in [1.807, 2.05) is 37.3 Å². The lowest BCUT2D eigenvalue weighted by Gasteiger charge is -2.09. The van der Waals surface area contributed by atoms with Crippen molar-refractivity contribution in [2.45, 2.75) is 46.5 Å². The summed E-state index contributed by atoms with van der Waals surface area (Å²) in [5.74, 6) is 0.688. The highest BCUT2D eigenvalue weighted by Gasteiger charge is 2.12. The maximum absolute atomic E-state index is 11.4. The number of hydrogen-bond acceptors (Lipinski definition) is 3. The number of aryl methyl sites for hydroxylation is 1. The van der Waals surface area contributed by atoms with Crippen LogP contribution < -0.4 is 4.74 Å². The molecule has 128 valence electrons. The van der Waals surface area contributed by atoms with Crippen molar-refractivity contribution in [3.8, 4) is 16.2 Å². The van der Waals surface area contributed by atoms with E-state index >= 15 is 0 Å². The molecule has 0 aliphatic heterocycles. The smallest absolute Gasteiger partial charge is 0.153 e. The van der Waals surface area contributed by atoms with Gasteiger partial charge in [0.15, 0.2) is 6.29 Å². The first kappa shape index (κ1) is 18.5. The Labute approximate surface area is 149 Å². The fraction of sp³-hybridized carbons (Fsp3) is 0.381. The SMILES string of the molecule is CC.CCCCOc1ccc(-c2cc3c(s2)CCC=C3)cc1C=O. The Kier molecular flexibility index (Phi) is 7.26. The van der Waals surface area contributed by atoms with Gasteiger partial charge >= 0.3 is 0 Å². The Morgan fingerprint density at radius 1 is 1.25 bits per heavy atom. The fourth-order valence-electron chi connectivity index (χ4n) is 2.60. The van der Waals surface area contributed by atoms with Crippen molar-refractivity contribution in [3.05, 3.63) is 46.3 Å². The van der Waals surface area contributed by atoms with Crippen molar-refractivity contribution >= 4 is 23.7 Å². The molecule has 3 heteroatoms. The average molecular weight is 343 g/mol. The van der Waals surface area contributed by atoms with Crippen LogP contribution in [0.15, 0.2) is 30.3 Å². The number of thiophene rings is 1. The van der Waals surface area contributed by atoms with Gasteiger partial charge in [0.1, 0.15) is 5.75 Å². The number of allylic oxidation sites excluding steroid dienone is 1. The summed E-state index contributed by atoms with van der Waals surface area (Å²) < 4.78 is 5.70. The van der Waals surface area contributed by atoms with E-state index in [-0.39, 0.29) is 0 Å². The molecule has 2 aromatic rings. The molecule has 0 amide bonds. The van der Waals surface area contributed by atoms with Crippen LogP contribution in [0.5, 0.6) is 5.75 Å². The largest absolute Gasteiger partial charge is 0.493 e. The molecule has 1 heterocycles. The summed E-state index contributed by atoms with van der Waals surface area (Å²) in [6, 6.07) is 8.13. The third-order valence-electron chi connectivity index (χ3n) is 3.85. The fourth-order valence-corrected chi connectivity index (χ4v) is 3.76. The lowest BCUT2D eigenvalue weighted by atomic mass is 10.0. The number of carbonyl (C=O) groups is 1. The molecule has 0 saturated heterocycles. The van der Waals surface area contributed by atoms with Crippen LogP contribution in [0.1, 0.15) is 60.8 Å². The van der Waals surface area contributed by atoms with Crippen LogP contribution in [0.2, 0.25) is 0 Å². The highest BCUT2D eigenvalue weighted by molar-refractivity contribution is 7.15. The van der Waals surface area contributed by atoms with Crippen LogP contribution in [-0.4, -0.2) is 12.9 Å². The van der Waals surface area contributed by atoms with Crippen molar-refractivity contribution < 1.29 is 9.53 Å². The highest BCUT2D eigenvalue weighted by Crippen LogP contribution is 2.36. The van der Waals surface area contributed by atoms with Crippen molar-refractivity contribution in [3.63, 3.8) is 0 Å². The van der Waals surface area contributed by atoms with Crippen molar-refractivity contribution in [2.75, 3.05) is 6.61 Å². The summed E-state index contributed by atoms with van der Waals surface area (Å²) >= 11 is 1.83.